The second-order valence-electron chi connectivity index (χ2n) is 3.84. The van der Waals surface area contributed by atoms with E-state index in [4.69, 9.17) is 15.9 Å². The molecule has 0 saturated carbocycles. The highest BCUT2D eigenvalue weighted by atomic mass is 16.5. The molecule has 0 fully saturated rings. The van der Waals surface area contributed by atoms with Gasteiger partial charge in [-0.1, -0.05) is 12.1 Å². The number of ether oxygens (including phenoxy) is 1. The van der Waals surface area contributed by atoms with Crippen molar-refractivity contribution in [2.45, 2.75) is 6.92 Å². The minimum Gasteiger partial charge on any atom is -0.493 e. The van der Waals surface area contributed by atoms with E-state index in [1.165, 1.54) is 6.07 Å². The molecule has 0 radical (unpaired) electrons. The maximum Gasteiger partial charge on any atom is 0.275 e. The summed E-state index contributed by atoms with van der Waals surface area (Å²) in [7, 11) is 0. The van der Waals surface area contributed by atoms with Gasteiger partial charge < -0.3 is 10.5 Å². The lowest BCUT2D eigenvalue weighted by Crippen LogP contribution is -2.24. The number of rotatable bonds is 4. The lowest BCUT2D eigenvalue weighted by Gasteiger charge is -2.09. The van der Waals surface area contributed by atoms with Crippen LogP contribution in [0.1, 0.15) is 12.5 Å². The second kappa shape index (κ2) is 5.34. The number of nitrogens with two attached hydrogens (primary N) is 1. The van der Waals surface area contributed by atoms with Crippen molar-refractivity contribution in [3.63, 3.8) is 0 Å². The van der Waals surface area contributed by atoms with Crippen molar-refractivity contribution in [3.8, 4) is 17.0 Å². The van der Waals surface area contributed by atoms with Crippen molar-refractivity contribution < 1.29 is 4.74 Å². The Kier molecular flexibility index (Phi) is 3.61. The highest BCUT2D eigenvalue weighted by Crippen LogP contribution is 2.27. The molecule has 0 aliphatic heterocycles. The number of H-pyrrole nitrogens is 1. The van der Waals surface area contributed by atoms with Crippen LogP contribution in [0.15, 0.2) is 35.1 Å². The van der Waals surface area contributed by atoms with Crippen LogP contribution < -0.4 is 16.0 Å². The number of para-hydroxylation sites is 1. The molecule has 1 aromatic carbocycles. The summed E-state index contributed by atoms with van der Waals surface area (Å²) >= 11 is 0. The predicted molar refractivity (Wildman–Crippen MR) is 72.5 cm³/mol. The maximum atomic E-state index is 11.5. The van der Waals surface area contributed by atoms with Crippen molar-refractivity contribution in [2.24, 2.45) is 5.73 Å². The SMILES string of the molecule is CCOc1ccccc1-c1cc(C(=N)N)c(=O)[nH]n1. The van der Waals surface area contributed by atoms with Crippen LogP contribution in [0.3, 0.4) is 0 Å². The normalized spacial score (nSPS) is 10.2. The summed E-state index contributed by atoms with van der Waals surface area (Å²) in [6, 6.07) is 8.83. The van der Waals surface area contributed by atoms with E-state index in [1.54, 1.807) is 0 Å². The van der Waals surface area contributed by atoms with Crippen LogP contribution in [-0.2, 0) is 0 Å². The van der Waals surface area contributed by atoms with Gasteiger partial charge in [-0.25, -0.2) is 5.10 Å². The molecular weight excluding hydrogens is 244 g/mol. The van der Waals surface area contributed by atoms with Crippen molar-refractivity contribution in [2.75, 3.05) is 6.61 Å². The quantitative estimate of drug-likeness (QED) is 0.564. The Morgan fingerprint density at radius 3 is 2.89 bits per heavy atom. The fourth-order valence-corrected chi connectivity index (χ4v) is 1.70. The number of nitrogen functional groups attached to an aromatic ring is 1. The van der Waals surface area contributed by atoms with Gasteiger partial charge in [0.25, 0.3) is 5.56 Å². The Morgan fingerprint density at radius 1 is 1.47 bits per heavy atom. The molecule has 0 saturated heterocycles. The highest BCUT2D eigenvalue weighted by Gasteiger charge is 2.11. The summed E-state index contributed by atoms with van der Waals surface area (Å²) in [6.45, 7) is 2.41. The Bertz CT molecular complexity index is 664. The summed E-state index contributed by atoms with van der Waals surface area (Å²) in [5.41, 5.74) is 6.22. The zero-order chi connectivity index (χ0) is 13.8. The first-order valence-corrected chi connectivity index (χ1v) is 5.79. The lowest BCUT2D eigenvalue weighted by molar-refractivity contribution is 0.341. The molecule has 0 bridgehead atoms. The van der Waals surface area contributed by atoms with Gasteiger partial charge in [-0.15, -0.1) is 0 Å². The third kappa shape index (κ3) is 2.62. The average molecular weight is 258 g/mol. The van der Waals surface area contributed by atoms with Gasteiger partial charge in [-0.2, -0.15) is 5.10 Å². The second-order valence-corrected chi connectivity index (χ2v) is 3.84. The standard InChI is InChI=1S/C13H14N4O2/c1-2-19-11-6-4-3-5-8(11)10-7-9(12(14)15)13(18)17-16-10/h3-7H,2H2,1H3,(H3,14,15)(H,17,18). The molecule has 0 unspecified atom stereocenters. The van der Waals surface area contributed by atoms with E-state index in [0.29, 0.717) is 18.1 Å². The zero-order valence-corrected chi connectivity index (χ0v) is 10.4. The van der Waals surface area contributed by atoms with Gasteiger partial charge in [0.05, 0.1) is 17.9 Å². The first kappa shape index (κ1) is 12.8. The van der Waals surface area contributed by atoms with Crippen LogP contribution in [0.5, 0.6) is 5.75 Å². The van der Waals surface area contributed by atoms with Crippen LogP contribution in [0, 0.1) is 5.41 Å². The maximum absolute atomic E-state index is 11.5. The van der Waals surface area contributed by atoms with Gasteiger partial charge >= 0.3 is 0 Å². The van der Waals surface area contributed by atoms with Crippen molar-refractivity contribution in [1.82, 2.24) is 10.2 Å². The van der Waals surface area contributed by atoms with Gasteiger partial charge in [0.1, 0.15) is 11.6 Å². The summed E-state index contributed by atoms with van der Waals surface area (Å²) in [5, 5.41) is 13.7. The molecular formula is C13H14N4O2. The van der Waals surface area contributed by atoms with Gasteiger partial charge in [-0.3, -0.25) is 10.2 Å². The van der Waals surface area contributed by atoms with E-state index in [1.807, 2.05) is 31.2 Å². The largest absolute Gasteiger partial charge is 0.493 e. The van der Waals surface area contributed by atoms with E-state index in [9.17, 15) is 4.79 Å². The average Bonchev–Trinajstić information content (AvgIpc) is 2.40. The molecule has 1 aromatic heterocycles. The first-order valence-electron chi connectivity index (χ1n) is 5.79. The zero-order valence-electron chi connectivity index (χ0n) is 10.4. The fourth-order valence-electron chi connectivity index (χ4n) is 1.70. The van der Waals surface area contributed by atoms with Gasteiger partial charge in [-0.05, 0) is 25.1 Å². The number of amidine groups is 1. The van der Waals surface area contributed by atoms with E-state index < -0.39 is 5.56 Å². The number of hydrogen-bond donors (Lipinski definition) is 3. The number of nitrogens with zero attached hydrogens (tertiary/aromatic N) is 1. The predicted octanol–water partition coefficient (Wildman–Crippen LogP) is 1.12. The van der Waals surface area contributed by atoms with Gasteiger partial charge in [0.2, 0.25) is 0 Å². The van der Waals surface area contributed by atoms with E-state index in [0.717, 1.165) is 5.56 Å². The number of hydrogen-bond acceptors (Lipinski definition) is 4. The molecule has 0 amide bonds. The Labute approximate surface area is 109 Å². The Hall–Kier alpha value is -2.63. The van der Waals surface area contributed by atoms with Crippen LogP contribution >= 0.6 is 0 Å². The van der Waals surface area contributed by atoms with E-state index in [2.05, 4.69) is 10.2 Å². The van der Waals surface area contributed by atoms with Gasteiger partial charge in [0.15, 0.2) is 0 Å². The molecule has 0 aliphatic rings. The molecule has 98 valence electrons. The van der Waals surface area contributed by atoms with E-state index in [-0.39, 0.29) is 11.4 Å². The summed E-state index contributed by atoms with van der Waals surface area (Å²) in [6.07, 6.45) is 0. The number of nitrogens with one attached hydrogen (secondary N) is 2. The topological polar surface area (TPSA) is 105 Å². The van der Waals surface area contributed by atoms with Crippen LogP contribution in [0.25, 0.3) is 11.3 Å². The minimum absolute atomic E-state index is 0.0938. The molecule has 19 heavy (non-hydrogen) atoms. The third-order valence-corrected chi connectivity index (χ3v) is 2.56. The van der Waals surface area contributed by atoms with Crippen LogP contribution in [0.4, 0.5) is 0 Å². The first-order chi connectivity index (χ1) is 9.13. The minimum atomic E-state index is -0.481. The number of benzene rings is 1. The lowest BCUT2D eigenvalue weighted by atomic mass is 10.1. The number of aromatic nitrogens is 2. The van der Waals surface area contributed by atoms with Crippen LogP contribution in [0.2, 0.25) is 0 Å². The molecule has 0 aliphatic carbocycles. The smallest absolute Gasteiger partial charge is 0.275 e. The third-order valence-electron chi connectivity index (χ3n) is 2.56. The monoisotopic (exact) mass is 258 g/mol. The number of aromatic amines is 1. The van der Waals surface area contributed by atoms with Crippen molar-refractivity contribution in [3.05, 3.63) is 46.2 Å². The summed E-state index contributed by atoms with van der Waals surface area (Å²) < 4.78 is 5.51. The molecule has 1 heterocycles. The van der Waals surface area contributed by atoms with Crippen molar-refractivity contribution >= 4 is 5.84 Å². The molecule has 0 atom stereocenters. The fraction of sp³-hybridized carbons (Fsp3) is 0.154. The molecule has 0 spiro atoms. The Balaban J connectivity index is 2.56. The molecule has 6 heteroatoms. The highest BCUT2D eigenvalue weighted by molar-refractivity contribution is 5.95. The molecule has 6 nitrogen and oxygen atoms in total. The molecule has 4 N–H and O–H groups in total. The summed E-state index contributed by atoms with van der Waals surface area (Å²) in [4.78, 5) is 11.5. The Morgan fingerprint density at radius 2 is 2.21 bits per heavy atom. The summed E-state index contributed by atoms with van der Waals surface area (Å²) in [5.74, 6) is 0.373. The van der Waals surface area contributed by atoms with E-state index >= 15 is 0 Å². The molecule has 2 rings (SSSR count). The van der Waals surface area contributed by atoms with Crippen molar-refractivity contribution in [1.29, 1.82) is 5.41 Å². The molecule has 2 aromatic rings. The van der Waals surface area contributed by atoms with Crippen LogP contribution in [-0.4, -0.2) is 22.6 Å². The van der Waals surface area contributed by atoms with Gasteiger partial charge in [0, 0.05) is 5.56 Å².